The first kappa shape index (κ1) is 20.2. The number of aliphatic hydroxyl groups excluding tert-OH is 2. The van der Waals surface area contributed by atoms with Gasteiger partial charge in [0.1, 0.15) is 30.1 Å². The van der Waals surface area contributed by atoms with Crippen LogP contribution in [0.1, 0.15) is 41.9 Å². The van der Waals surface area contributed by atoms with E-state index in [9.17, 15) is 15.0 Å². The van der Waals surface area contributed by atoms with Gasteiger partial charge in [-0.05, 0) is 23.6 Å². The van der Waals surface area contributed by atoms with Crippen LogP contribution >= 0.6 is 0 Å². The molecule has 4 atom stereocenters. The van der Waals surface area contributed by atoms with Gasteiger partial charge in [-0.3, -0.25) is 9.36 Å². The Morgan fingerprint density at radius 1 is 1.27 bits per heavy atom. The van der Waals surface area contributed by atoms with E-state index in [1.54, 1.807) is 16.7 Å². The number of aliphatic hydroxyl groups is 2. The SMILES string of the molecule is CC(C)c1ccc(C(=O)N[C@@H]2[C@H](O)[C@@H](CO)O[C@H]2n2cnc3c(N)ncnc32)cc1. The Balaban J connectivity index is 1.63. The van der Waals surface area contributed by atoms with Gasteiger partial charge in [-0.1, -0.05) is 26.0 Å². The summed E-state index contributed by atoms with van der Waals surface area (Å²) in [5, 5.41) is 23.1. The highest BCUT2D eigenvalue weighted by Gasteiger charge is 2.45. The predicted molar refractivity (Wildman–Crippen MR) is 109 cm³/mol. The van der Waals surface area contributed by atoms with E-state index in [4.69, 9.17) is 10.5 Å². The van der Waals surface area contributed by atoms with Crippen LogP contribution in [0.2, 0.25) is 0 Å². The van der Waals surface area contributed by atoms with Crippen LogP contribution < -0.4 is 11.1 Å². The van der Waals surface area contributed by atoms with E-state index in [1.165, 1.54) is 12.7 Å². The zero-order valence-corrected chi connectivity index (χ0v) is 16.6. The second-order valence-electron chi connectivity index (χ2n) is 7.60. The summed E-state index contributed by atoms with van der Waals surface area (Å²) in [5.74, 6) is 0.202. The van der Waals surface area contributed by atoms with Crippen molar-refractivity contribution >= 4 is 22.9 Å². The number of anilines is 1. The Kier molecular flexibility index (Phi) is 5.37. The molecular formula is C20H24N6O4. The topological polar surface area (TPSA) is 148 Å². The van der Waals surface area contributed by atoms with E-state index in [2.05, 4.69) is 34.1 Å². The summed E-state index contributed by atoms with van der Waals surface area (Å²) < 4.78 is 7.39. The van der Waals surface area contributed by atoms with Crippen LogP contribution in [0.25, 0.3) is 11.2 Å². The molecule has 0 spiro atoms. The fourth-order valence-electron chi connectivity index (χ4n) is 3.60. The van der Waals surface area contributed by atoms with Crippen molar-refractivity contribution < 1.29 is 19.7 Å². The van der Waals surface area contributed by atoms with E-state index >= 15 is 0 Å². The number of ether oxygens (including phenoxy) is 1. The average Bonchev–Trinajstić information content (AvgIpc) is 3.30. The van der Waals surface area contributed by atoms with Crippen LogP contribution in [0.5, 0.6) is 0 Å². The van der Waals surface area contributed by atoms with Crippen molar-refractivity contribution in [2.75, 3.05) is 12.3 Å². The first-order valence-electron chi connectivity index (χ1n) is 9.69. The van der Waals surface area contributed by atoms with Crippen molar-refractivity contribution in [1.82, 2.24) is 24.8 Å². The zero-order valence-electron chi connectivity index (χ0n) is 16.6. The summed E-state index contributed by atoms with van der Waals surface area (Å²) in [6.45, 7) is 3.75. The highest BCUT2D eigenvalue weighted by atomic mass is 16.5. The third kappa shape index (κ3) is 3.49. The number of nitrogens with one attached hydrogen (secondary N) is 1. The van der Waals surface area contributed by atoms with Crippen molar-refractivity contribution in [3.8, 4) is 0 Å². The molecule has 2 aromatic heterocycles. The lowest BCUT2D eigenvalue weighted by molar-refractivity contribution is -0.0440. The van der Waals surface area contributed by atoms with Gasteiger partial charge in [0.2, 0.25) is 0 Å². The number of hydrogen-bond acceptors (Lipinski definition) is 8. The summed E-state index contributed by atoms with van der Waals surface area (Å²) in [7, 11) is 0. The molecule has 1 aliphatic heterocycles. The van der Waals surface area contributed by atoms with Crippen LogP contribution in [0.15, 0.2) is 36.9 Å². The number of fused-ring (bicyclic) bond motifs is 1. The molecule has 0 saturated carbocycles. The molecule has 158 valence electrons. The molecule has 1 amide bonds. The Bertz CT molecular complexity index is 1050. The van der Waals surface area contributed by atoms with Gasteiger partial charge in [0, 0.05) is 5.56 Å². The van der Waals surface area contributed by atoms with Crippen molar-refractivity contribution in [3.63, 3.8) is 0 Å². The molecule has 30 heavy (non-hydrogen) atoms. The standard InChI is InChI=1S/C20H24N6O4/c1-10(2)11-3-5-12(6-4-11)19(29)25-14-16(28)13(7-27)30-20(14)26-9-24-15-17(21)22-8-23-18(15)26/h3-6,8-10,13-14,16,20,27-28H,7H2,1-2H3,(H,25,29)(H2,21,22,23)/t13-,14-,16-,20-/m1/s1. The fraction of sp³-hybridized carbons (Fsp3) is 0.400. The van der Waals surface area contributed by atoms with E-state index in [0.29, 0.717) is 22.6 Å². The maximum Gasteiger partial charge on any atom is 0.251 e. The first-order valence-corrected chi connectivity index (χ1v) is 9.69. The lowest BCUT2D eigenvalue weighted by Crippen LogP contribution is -2.46. The summed E-state index contributed by atoms with van der Waals surface area (Å²) in [5.41, 5.74) is 8.21. The number of nitrogen functional groups attached to an aromatic ring is 1. The molecular weight excluding hydrogens is 388 g/mol. The Hall–Kier alpha value is -3.08. The summed E-state index contributed by atoms with van der Waals surface area (Å²) >= 11 is 0. The highest BCUT2D eigenvalue weighted by Crippen LogP contribution is 2.32. The second kappa shape index (κ2) is 7.98. The number of imidazole rings is 1. The molecule has 3 aromatic rings. The number of benzene rings is 1. The average molecular weight is 412 g/mol. The van der Waals surface area contributed by atoms with E-state index in [1.807, 2.05) is 12.1 Å². The minimum Gasteiger partial charge on any atom is -0.394 e. The van der Waals surface area contributed by atoms with Crippen molar-refractivity contribution in [1.29, 1.82) is 0 Å². The predicted octanol–water partition coefficient (Wildman–Crippen LogP) is 0.581. The van der Waals surface area contributed by atoms with Crippen molar-refractivity contribution in [3.05, 3.63) is 48.0 Å². The van der Waals surface area contributed by atoms with Gasteiger partial charge in [-0.25, -0.2) is 15.0 Å². The second-order valence-corrected chi connectivity index (χ2v) is 7.60. The molecule has 1 aromatic carbocycles. The quantitative estimate of drug-likeness (QED) is 0.476. The third-order valence-electron chi connectivity index (χ3n) is 5.35. The number of rotatable bonds is 5. The van der Waals surface area contributed by atoms with Crippen LogP contribution in [0.4, 0.5) is 5.82 Å². The van der Waals surface area contributed by atoms with Gasteiger partial charge in [0.15, 0.2) is 17.7 Å². The Morgan fingerprint density at radius 3 is 2.67 bits per heavy atom. The molecule has 10 heteroatoms. The minimum atomic E-state index is -1.13. The number of nitrogens with two attached hydrogens (primary N) is 1. The molecule has 0 bridgehead atoms. The minimum absolute atomic E-state index is 0.210. The number of aromatic nitrogens is 4. The molecule has 0 radical (unpaired) electrons. The van der Waals surface area contributed by atoms with Gasteiger partial charge < -0.3 is 26.0 Å². The third-order valence-corrected chi connectivity index (χ3v) is 5.35. The van der Waals surface area contributed by atoms with Crippen molar-refractivity contribution in [2.45, 2.75) is 44.2 Å². The lowest BCUT2D eigenvalue weighted by Gasteiger charge is -2.23. The van der Waals surface area contributed by atoms with Gasteiger partial charge in [0.25, 0.3) is 5.91 Å². The largest absolute Gasteiger partial charge is 0.394 e. The number of hydrogen-bond donors (Lipinski definition) is 4. The smallest absolute Gasteiger partial charge is 0.251 e. The Morgan fingerprint density at radius 2 is 2.00 bits per heavy atom. The van der Waals surface area contributed by atoms with E-state index in [-0.39, 0.29) is 11.7 Å². The van der Waals surface area contributed by atoms with Crippen LogP contribution in [0.3, 0.4) is 0 Å². The van der Waals surface area contributed by atoms with Crippen LogP contribution in [0, 0.1) is 0 Å². The molecule has 1 saturated heterocycles. The van der Waals surface area contributed by atoms with E-state index in [0.717, 1.165) is 5.56 Å². The number of amides is 1. The molecule has 5 N–H and O–H groups in total. The van der Waals surface area contributed by atoms with Gasteiger partial charge in [-0.15, -0.1) is 0 Å². The summed E-state index contributed by atoms with van der Waals surface area (Å²) in [4.78, 5) is 25.2. The van der Waals surface area contributed by atoms with Gasteiger partial charge >= 0.3 is 0 Å². The maximum absolute atomic E-state index is 12.8. The van der Waals surface area contributed by atoms with Gasteiger partial charge in [-0.2, -0.15) is 0 Å². The highest BCUT2D eigenvalue weighted by molar-refractivity contribution is 5.94. The van der Waals surface area contributed by atoms with E-state index < -0.39 is 31.1 Å². The maximum atomic E-state index is 12.8. The van der Waals surface area contributed by atoms with Crippen LogP contribution in [-0.2, 0) is 4.74 Å². The number of carbonyl (C=O) groups is 1. The van der Waals surface area contributed by atoms with Crippen molar-refractivity contribution in [2.24, 2.45) is 0 Å². The molecule has 1 fully saturated rings. The monoisotopic (exact) mass is 412 g/mol. The molecule has 0 aliphatic carbocycles. The molecule has 4 rings (SSSR count). The molecule has 3 heterocycles. The number of carbonyl (C=O) groups excluding carboxylic acids is 1. The summed E-state index contributed by atoms with van der Waals surface area (Å²) in [6, 6.07) is 6.45. The first-order chi connectivity index (χ1) is 14.4. The van der Waals surface area contributed by atoms with Gasteiger partial charge in [0.05, 0.1) is 12.9 Å². The summed E-state index contributed by atoms with van der Waals surface area (Å²) in [6.07, 6.45) is -0.0796. The Labute approximate surface area is 172 Å². The fourth-order valence-corrected chi connectivity index (χ4v) is 3.60. The normalized spacial score (nSPS) is 23.9. The lowest BCUT2D eigenvalue weighted by atomic mass is 10.0. The molecule has 0 unspecified atom stereocenters. The molecule has 1 aliphatic rings. The van der Waals surface area contributed by atoms with Crippen LogP contribution in [-0.4, -0.2) is 60.5 Å². The number of nitrogens with zero attached hydrogens (tertiary/aromatic N) is 4. The zero-order chi connectivity index (χ0) is 21.4. The molecule has 10 nitrogen and oxygen atoms in total.